The molecule has 0 aliphatic heterocycles. The van der Waals surface area contributed by atoms with Crippen LogP contribution in [0.1, 0.15) is 72.2 Å². The fraction of sp³-hybridized carbons (Fsp3) is 0.212. The zero-order chi connectivity index (χ0) is 46.2. The molecule has 0 amide bonds. The third-order valence-corrected chi connectivity index (χ3v) is 14.0. The van der Waals surface area contributed by atoms with Gasteiger partial charge in [0.2, 0.25) is 5.13 Å². The quantitative estimate of drug-likeness (QED) is 0.114. The van der Waals surface area contributed by atoms with E-state index in [0.717, 1.165) is 84.9 Å². The summed E-state index contributed by atoms with van der Waals surface area (Å²) in [6.07, 6.45) is 3.21. The Kier molecular flexibility index (Phi) is 12.7. The van der Waals surface area contributed by atoms with Gasteiger partial charge in [-0.3, -0.25) is 4.90 Å². The molecule has 0 atom stereocenters. The molecule has 330 valence electrons. The molecular weight excluding hydrogens is 900 g/mol. The Bertz CT molecular complexity index is 3330. The summed E-state index contributed by atoms with van der Waals surface area (Å²) in [6, 6.07) is 34.4. The standard InChI is InChI=1S/C52H46Cl2N10S2/c1-8-32-21-29(5)22-33(9-2)46(32)59-49-45(60-61-50-39(28-55)47(36-15-13-12-14-16-36)62-64(50)52-57-41-20-18-38(54)27-43(41)66-52)31(7)25-44(58-49)63(48-34(10-3)23-30(6)24-35(48)11-4)51-56-40-19-17-37(53)26-42(40)65-51/h12-27H,8-11H2,1-7H3,(H,58,59). The van der Waals surface area contributed by atoms with Crippen molar-refractivity contribution in [2.45, 2.75) is 74.1 Å². The molecule has 0 saturated heterocycles. The molecule has 4 aromatic heterocycles. The number of pyridine rings is 1. The molecule has 0 bridgehead atoms. The topological polar surface area (TPSA) is 120 Å². The second-order valence-electron chi connectivity index (χ2n) is 16.1. The number of nitrogens with zero attached hydrogens (tertiary/aromatic N) is 9. The first-order chi connectivity index (χ1) is 32.0. The van der Waals surface area contributed by atoms with Crippen LogP contribution in [0.25, 0.3) is 36.8 Å². The maximum Gasteiger partial charge on any atom is 0.213 e. The van der Waals surface area contributed by atoms with Crippen LogP contribution in [0.2, 0.25) is 10.0 Å². The first-order valence-electron chi connectivity index (χ1n) is 22.0. The molecule has 0 aliphatic rings. The lowest BCUT2D eigenvalue weighted by molar-refractivity contribution is 0.866. The number of halogens is 2. The second-order valence-corrected chi connectivity index (χ2v) is 19.0. The van der Waals surface area contributed by atoms with Crippen molar-refractivity contribution in [3.63, 3.8) is 0 Å². The van der Waals surface area contributed by atoms with E-state index in [1.807, 2.05) is 79.7 Å². The molecule has 0 unspecified atom stereocenters. The predicted octanol–water partition coefficient (Wildman–Crippen LogP) is 16.1. The Morgan fingerprint density at radius 1 is 0.697 bits per heavy atom. The van der Waals surface area contributed by atoms with E-state index in [4.69, 9.17) is 53.5 Å². The van der Waals surface area contributed by atoms with Crippen LogP contribution in [0.5, 0.6) is 0 Å². The first kappa shape index (κ1) is 44.7. The van der Waals surface area contributed by atoms with Crippen LogP contribution < -0.4 is 10.2 Å². The number of aromatic nitrogens is 5. The lowest BCUT2D eigenvalue weighted by Gasteiger charge is -2.28. The van der Waals surface area contributed by atoms with Gasteiger partial charge in [0.1, 0.15) is 28.8 Å². The van der Waals surface area contributed by atoms with Gasteiger partial charge in [0, 0.05) is 21.3 Å². The Labute approximate surface area is 402 Å². The molecule has 0 radical (unpaired) electrons. The third kappa shape index (κ3) is 8.56. The Hall–Kier alpha value is -6.49. The van der Waals surface area contributed by atoms with Gasteiger partial charge in [0.25, 0.3) is 0 Å². The number of hydrogen-bond donors (Lipinski definition) is 1. The average molecular weight is 946 g/mol. The molecule has 1 N–H and O–H groups in total. The van der Waals surface area contributed by atoms with Crippen molar-refractivity contribution in [1.82, 2.24) is 24.7 Å². The third-order valence-electron chi connectivity index (χ3n) is 11.6. The molecule has 0 spiro atoms. The zero-order valence-corrected chi connectivity index (χ0v) is 40.8. The van der Waals surface area contributed by atoms with E-state index in [2.05, 4.69) is 82.1 Å². The summed E-state index contributed by atoms with van der Waals surface area (Å²) in [5, 5.41) is 32.1. The SMILES string of the molecule is CCc1cc(C)cc(CC)c1Nc1nc(N(c2nc3ccc(Cl)cc3s2)c2c(CC)cc(C)cc2CC)cc(C)c1N=Nc1c(C#N)c(-c2ccccc2)nn1-c1nc2ccc(Cl)cc2s1. The highest BCUT2D eigenvalue weighted by atomic mass is 35.5. The van der Waals surface area contributed by atoms with Gasteiger partial charge in [-0.05, 0) is 117 Å². The highest BCUT2D eigenvalue weighted by Crippen LogP contribution is 2.46. The number of aryl methyl sites for hydroxylation is 7. The predicted molar refractivity (Wildman–Crippen MR) is 275 cm³/mol. The molecule has 5 aromatic carbocycles. The summed E-state index contributed by atoms with van der Waals surface area (Å²) in [5.74, 6) is 1.41. The number of thiazole rings is 2. The molecule has 4 heterocycles. The maximum absolute atomic E-state index is 10.8. The minimum absolute atomic E-state index is 0.240. The fourth-order valence-electron chi connectivity index (χ4n) is 8.42. The van der Waals surface area contributed by atoms with Gasteiger partial charge in [0.05, 0.1) is 26.1 Å². The summed E-state index contributed by atoms with van der Waals surface area (Å²) < 4.78 is 3.46. The van der Waals surface area contributed by atoms with Gasteiger partial charge in [0.15, 0.2) is 16.8 Å². The Morgan fingerprint density at radius 2 is 1.29 bits per heavy atom. The van der Waals surface area contributed by atoms with Crippen molar-refractivity contribution in [3.8, 4) is 22.5 Å². The number of benzene rings is 5. The number of anilines is 5. The molecule has 9 aromatic rings. The second kappa shape index (κ2) is 18.8. The number of nitrogens with one attached hydrogen (secondary N) is 1. The van der Waals surface area contributed by atoms with Crippen LogP contribution in [0.3, 0.4) is 0 Å². The highest BCUT2D eigenvalue weighted by molar-refractivity contribution is 7.22. The van der Waals surface area contributed by atoms with E-state index >= 15 is 0 Å². The van der Waals surface area contributed by atoms with Crippen LogP contribution >= 0.6 is 45.9 Å². The summed E-state index contributed by atoms with van der Waals surface area (Å²) >= 11 is 15.9. The molecule has 0 aliphatic carbocycles. The van der Waals surface area contributed by atoms with Crippen LogP contribution in [0.4, 0.5) is 39.6 Å². The summed E-state index contributed by atoms with van der Waals surface area (Å²) in [5.41, 5.74) is 13.5. The molecule has 66 heavy (non-hydrogen) atoms. The van der Waals surface area contributed by atoms with Crippen molar-refractivity contribution < 1.29 is 0 Å². The van der Waals surface area contributed by atoms with E-state index in [1.54, 1.807) is 16.0 Å². The lowest BCUT2D eigenvalue weighted by atomic mass is 9.98. The molecule has 0 saturated carbocycles. The highest BCUT2D eigenvalue weighted by Gasteiger charge is 2.27. The summed E-state index contributed by atoms with van der Waals surface area (Å²) in [6.45, 7) is 15.0. The van der Waals surface area contributed by atoms with Crippen molar-refractivity contribution >= 4 is 106 Å². The smallest absolute Gasteiger partial charge is 0.213 e. The summed E-state index contributed by atoms with van der Waals surface area (Å²) in [7, 11) is 0. The maximum atomic E-state index is 10.8. The van der Waals surface area contributed by atoms with E-state index in [9.17, 15) is 5.26 Å². The van der Waals surface area contributed by atoms with Gasteiger partial charge in [-0.2, -0.15) is 15.0 Å². The zero-order valence-electron chi connectivity index (χ0n) is 37.7. The fourth-order valence-corrected chi connectivity index (χ4v) is 10.9. The number of hydrogen-bond acceptors (Lipinski definition) is 11. The molecule has 9 rings (SSSR count). The molecule has 10 nitrogen and oxygen atoms in total. The van der Waals surface area contributed by atoms with Crippen molar-refractivity contribution in [3.05, 3.63) is 152 Å². The Balaban J connectivity index is 1.30. The van der Waals surface area contributed by atoms with Crippen LogP contribution in [0.15, 0.2) is 107 Å². The molecule has 0 fully saturated rings. The molecular formula is C52H46Cl2N10S2. The van der Waals surface area contributed by atoms with E-state index in [0.29, 0.717) is 38.2 Å². The van der Waals surface area contributed by atoms with Crippen molar-refractivity contribution in [2.24, 2.45) is 10.2 Å². The molecule has 14 heteroatoms. The Morgan fingerprint density at radius 3 is 1.89 bits per heavy atom. The van der Waals surface area contributed by atoms with Gasteiger partial charge < -0.3 is 5.32 Å². The monoisotopic (exact) mass is 944 g/mol. The van der Waals surface area contributed by atoms with Crippen LogP contribution in [-0.2, 0) is 25.7 Å². The van der Waals surface area contributed by atoms with E-state index in [1.165, 1.54) is 33.6 Å². The van der Waals surface area contributed by atoms with Crippen molar-refractivity contribution in [1.29, 1.82) is 5.26 Å². The van der Waals surface area contributed by atoms with Gasteiger partial charge in [-0.1, -0.05) is 139 Å². The van der Waals surface area contributed by atoms with E-state index < -0.39 is 0 Å². The van der Waals surface area contributed by atoms with Crippen molar-refractivity contribution in [2.75, 3.05) is 10.2 Å². The van der Waals surface area contributed by atoms with Gasteiger partial charge >= 0.3 is 0 Å². The van der Waals surface area contributed by atoms with Gasteiger partial charge in [-0.25, -0.2) is 15.0 Å². The normalized spacial score (nSPS) is 11.6. The number of fused-ring (bicyclic) bond motifs is 2. The number of rotatable bonds is 13. The largest absolute Gasteiger partial charge is 0.338 e. The minimum Gasteiger partial charge on any atom is -0.338 e. The van der Waals surface area contributed by atoms with E-state index in [-0.39, 0.29) is 11.4 Å². The summed E-state index contributed by atoms with van der Waals surface area (Å²) in [4.78, 5) is 17.9. The van der Waals surface area contributed by atoms with Crippen LogP contribution in [0, 0.1) is 32.1 Å². The first-order valence-corrected chi connectivity index (χ1v) is 24.4. The average Bonchev–Trinajstić information content (AvgIpc) is 4.04. The van der Waals surface area contributed by atoms with Crippen LogP contribution in [-0.4, -0.2) is 24.7 Å². The number of nitriles is 1. The minimum atomic E-state index is 0.240. The lowest BCUT2D eigenvalue weighted by Crippen LogP contribution is -2.17. The number of azo groups is 1. The van der Waals surface area contributed by atoms with Gasteiger partial charge in [-0.15, -0.1) is 10.2 Å².